The van der Waals surface area contributed by atoms with Crippen molar-refractivity contribution in [2.75, 3.05) is 13.2 Å². The average molecular weight is 400 g/mol. The molecule has 12 heteroatoms. The molecule has 0 fully saturated rings. The SMILES string of the molecule is CC(N)C(=O)NC(CO)C(O)c1cnc(C(O)C(CO)NC(=O)C(C)N)cn1. The molecule has 0 aliphatic rings. The molecule has 6 unspecified atom stereocenters. The summed E-state index contributed by atoms with van der Waals surface area (Å²) in [5.74, 6) is -1.12. The van der Waals surface area contributed by atoms with Crippen LogP contribution < -0.4 is 22.1 Å². The number of aliphatic hydroxyl groups is 4. The number of nitrogens with one attached hydrogen (secondary N) is 2. The molecule has 1 aromatic heterocycles. The Kier molecular flexibility index (Phi) is 9.31. The van der Waals surface area contributed by atoms with Gasteiger partial charge in [0.15, 0.2) is 0 Å². The molecule has 0 aliphatic carbocycles. The van der Waals surface area contributed by atoms with Gasteiger partial charge in [0.25, 0.3) is 0 Å². The standard InChI is InChI=1S/C16H28N6O6/c1-7(17)15(27)21-11(5-23)13(25)9-3-20-10(4-19-9)14(26)12(6-24)22-16(28)8(2)18/h3-4,7-8,11-14,23-26H,5-6,17-18H2,1-2H3,(H,21,27)(H,22,28). The van der Waals surface area contributed by atoms with Crippen molar-refractivity contribution in [1.29, 1.82) is 0 Å². The normalized spacial score (nSPS) is 17.7. The summed E-state index contributed by atoms with van der Waals surface area (Å²) in [4.78, 5) is 31.2. The summed E-state index contributed by atoms with van der Waals surface area (Å²) in [6.45, 7) is 1.77. The van der Waals surface area contributed by atoms with E-state index in [0.29, 0.717) is 0 Å². The van der Waals surface area contributed by atoms with E-state index in [4.69, 9.17) is 11.5 Å². The van der Waals surface area contributed by atoms with E-state index in [1.165, 1.54) is 13.8 Å². The first-order valence-electron chi connectivity index (χ1n) is 8.63. The smallest absolute Gasteiger partial charge is 0.237 e. The van der Waals surface area contributed by atoms with Crippen molar-refractivity contribution in [3.63, 3.8) is 0 Å². The van der Waals surface area contributed by atoms with Gasteiger partial charge >= 0.3 is 0 Å². The van der Waals surface area contributed by atoms with E-state index in [9.17, 15) is 30.0 Å². The fourth-order valence-electron chi connectivity index (χ4n) is 2.14. The summed E-state index contributed by atoms with van der Waals surface area (Å²) in [6.07, 6.45) is -0.465. The number of carbonyl (C=O) groups is 2. The molecule has 158 valence electrons. The first-order valence-corrected chi connectivity index (χ1v) is 8.63. The Morgan fingerprint density at radius 3 is 1.43 bits per heavy atom. The lowest BCUT2D eigenvalue weighted by Gasteiger charge is -2.24. The highest BCUT2D eigenvalue weighted by Crippen LogP contribution is 2.18. The van der Waals surface area contributed by atoms with E-state index in [-0.39, 0.29) is 11.4 Å². The number of carbonyl (C=O) groups excluding carboxylic acids is 2. The lowest BCUT2D eigenvalue weighted by Crippen LogP contribution is -2.48. The van der Waals surface area contributed by atoms with Crippen LogP contribution in [0.5, 0.6) is 0 Å². The van der Waals surface area contributed by atoms with Crippen molar-refractivity contribution in [2.45, 2.75) is 50.2 Å². The van der Waals surface area contributed by atoms with Crippen LogP contribution in [-0.4, -0.2) is 79.6 Å². The van der Waals surface area contributed by atoms with Gasteiger partial charge in [-0.3, -0.25) is 19.6 Å². The van der Waals surface area contributed by atoms with Crippen LogP contribution in [0, 0.1) is 0 Å². The number of hydrogen-bond acceptors (Lipinski definition) is 10. The highest BCUT2D eigenvalue weighted by molar-refractivity contribution is 5.81. The predicted octanol–water partition coefficient (Wildman–Crippen LogP) is -3.81. The molecule has 0 saturated heterocycles. The van der Waals surface area contributed by atoms with E-state index >= 15 is 0 Å². The third-order valence-corrected chi connectivity index (χ3v) is 3.94. The molecule has 28 heavy (non-hydrogen) atoms. The van der Waals surface area contributed by atoms with Crippen LogP contribution in [0.15, 0.2) is 12.4 Å². The van der Waals surface area contributed by atoms with E-state index in [0.717, 1.165) is 12.4 Å². The molecule has 0 spiro atoms. The molecule has 10 N–H and O–H groups in total. The Hall–Kier alpha value is -2.22. The zero-order chi connectivity index (χ0) is 21.4. The molecule has 6 atom stereocenters. The minimum absolute atomic E-state index is 0.0279. The zero-order valence-electron chi connectivity index (χ0n) is 15.7. The fraction of sp³-hybridized carbons (Fsp3) is 0.625. The second-order valence-corrected chi connectivity index (χ2v) is 6.43. The fourth-order valence-corrected chi connectivity index (χ4v) is 2.14. The number of nitrogens with two attached hydrogens (primary N) is 2. The summed E-state index contributed by atoms with van der Waals surface area (Å²) < 4.78 is 0. The van der Waals surface area contributed by atoms with Crippen LogP contribution in [-0.2, 0) is 9.59 Å². The van der Waals surface area contributed by atoms with Crippen LogP contribution >= 0.6 is 0 Å². The van der Waals surface area contributed by atoms with Gasteiger partial charge in [-0.05, 0) is 13.8 Å². The maximum Gasteiger partial charge on any atom is 0.237 e. The summed E-state index contributed by atoms with van der Waals surface area (Å²) in [5.41, 5.74) is 10.9. The number of hydrogen-bond donors (Lipinski definition) is 8. The van der Waals surface area contributed by atoms with Gasteiger partial charge in [0.2, 0.25) is 11.8 Å². The van der Waals surface area contributed by atoms with Gasteiger partial charge in [-0.2, -0.15) is 0 Å². The molecule has 0 bridgehead atoms. The summed E-state index contributed by atoms with van der Waals surface area (Å²) in [6, 6.07) is -3.77. The van der Waals surface area contributed by atoms with E-state index in [2.05, 4.69) is 20.6 Å². The summed E-state index contributed by atoms with van der Waals surface area (Å²) >= 11 is 0. The summed E-state index contributed by atoms with van der Waals surface area (Å²) in [7, 11) is 0. The third kappa shape index (κ3) is 6.44. The molecule has 1 rings (SSSR count). The van der Waals surface area contributed by atoms with Crippen LogP contribution in [0.4, 0.5) is 0 Å². The van der Waals surface area contributed by atoms with Gasteiger partial charge in [-0.25, -0.2) is 0 Å². The van der Waals surface area contributed by atoms with Crippen molar-refractivity contribution < 1.29 is 30.0 Å². The largest absolute Gasteiger partial charge is 0.394 e. The van der Waals surface area contributed by atoms with Gasteiger partial charge < -0.3 is 42.5 Å². The van der Waals surface area contributed by atoms with E-state index < -0.39 is 61.4 Å². The number of nitrogens with zero attached hydrogens (tertiary/aromatic N) is 2. The molecule has 0 aliphatic heterocycles. The molecule has 1 aromatic rings. The van der Waals surface area contributed by atoms with Crippen molar-refractivity contribution in [3.05, 3.63) is 23.8 Å². The highest BCUT2D eigenvalue weighted by Gasteiger charge is 2.27. The van der Waals surface area contributed by atoms with Gasteiger partial charge in [0.05, 0.1) is 61.2 Å². The van der Waals surface area contributed by atoms with Crippen LogP contribution in [0.1, 0.15) is 37.4 Å². The number of amides is 2. The molecular weight excluding hydrogens is 372 g/mol. The Balaban J connectivity index is 2.87. The van der Waals surface area contributed by atoms with Crippen LogP contribution in [0.3, 0.4) is 0 Å². The maximum absolute atomic E-state index is 11.6. The van der Waals surface area contributed by atoms with Crippen molar-refractivity contribution in [2.24, 2.45) is 11.5 Å². The lowest BCUT2D eigenvalue weighted by atomic mass is 10.1. The number of rotatable bonds is 10. The molecule has 2 amide bonds. The lowest BCUT2D eigenvalue weighted by molar-refractivity contribution is -0.124. The van der Waals surface area contributed by atoms with Crippen LogP contribution in [0.25, 0.3) is 0 Å². The Morgan fingerprint density at radius 1 is 0.893 bits per heavy atom. The molecule has 0 radical (unpaired) electrons. The first kappa shape index (κ1) is 23.8. The third-order valence-electron chi connectivity index (χ3n) is 3.94. The molecule has 0 aromatic carbocycles. The predicted molar refractivity (Wildman–Crippen MR) is 97.3 cm³/mol. The minimum atomic E-state index is -1.38. The topological polar surface area (TPSA) is 217 Å². The highest BCUT2D eigenvalue weighted by atomic mass is 16.3. The second kappa shape index (κ2) is 10.9. The molecule has 12 nitrogen and oxygen atoms in total. The van der Waals surface area contributed by atoms with Crippen LogP contribution in [0.2, 0.25) is 0 Å². The molecular formula is C16H28N6O6. The monoisotopic (exact) mass is 400 g/mol. The number of aliphatic hydroxyl groups excluding tert-OH is 4. The van der Waals surface area contributed by atoms with Crippen molar-refractivity contribution >= 4 is 11.8 Å². The van der Waals surface area contributed by atoms with Crippen molar-refractivity contribution in [1.82, 2.24) is 20.6 Å². The minimum Gasteiger partial charge on any atom is -0.394 e. The van der Waals surface area contributed by atoms with Gasteiger partial charge in [0, 0.05) is 0 Å². The first-order chi connectivity index (χ1) is 13.1. The Morgan fingerprint density at radius 2 is 1.21 bits per heavy atom. The van der Waals surface area contributed by atoms with Gasteiger partial charge in [-0.1, -0.05) is 0 Å². The Bertz CT molecular complexity index is 586. The molecule has 0 saturated carbocycles. The molecule has 1 heterocycles. The Labute approximate surface area is 162 Å². The van der Waals surface area contributed by atoms with E-state index in [1.54, 1.807) is 0 Å². The average Bonchev–Trinajstić information content (AvgIpc) is 2.68. The van der Waals surface area contributed by atoms with Gasteiger partial charge in [0.1, 0.15) is 12.2 Å². The van der Waals surface area contributed by atoms with E-state index in [1.807, 2.05) is 0 Å². The zero-order valence-corrected chi connectivity index (χ0v) is 15.7. The quantitative estimate of drug-likeness (QED) is 0.191. The van der Waals surface area contributed by atoms with Gasteiger partial charge in [-0.15, -0.1) is 0 Å². The second-order valence-electron chi connectivity index (χ2n) is 6.43. The number of aromatic nitrogens is 2. The summed E-state index contributed by atoms with van der Waals surface area (Å²) in [5, 5.41) is 44.1. The van der Waals surface area contributed by atoms with Crippen molar-refractivity contribution in [3.8, 4) is 0 Å². The maximum atomic E-state index is 11.6.